The van der Waals surface area contributed by atoms with Crippen LogP contribution in [0.2, 0.25) is 0 Å². The molecule has 136 valence electrons. The fourth-order valence-electron chi connectivity index (χ4n) is 2.36. The van der Waals surface area contributed by atoms with Crippen LogP contribution in [0.4, 0.5) is 4.79 Å². The number of tetrazole rings is 1. The van der Waals surface area contributed by atoms with Crippen molar-refractivity contribution >= 4 is 23.8 Å². The first kappa shape index (κ1) is 17.9. The number of benzene rings is 1. The second kappa shape index (κ2) is 8.48. The lowest BCUT2D eigenvalue weighted by atomic mass is 10.2. The largest absolute Gasteiger partial charge is 0.463 e. The number of amides is 2. The van der Waals surface area contributed by atoms with Gasteiger partial charge in [0.25, 0.3) is 0 Å². The molecule has 0 spiro atoms. The summed E-state index contributed by atoms with van der Waals surface area (Å²) in [6.45, 7) is 2.68. The maximum absolute atomic E-state index is 12.1. The lowest BCUT2D eigenvalue weighted by Crippen LogP contribution is -2.44. The highest BCUT2D eigenvalue weighted by atomic mass is 32.2. The number of nitrogens with zero attached hydrogens (tertiary/aromatic N) is 4. The van der Waals surface area contributed by atoms with Gasteiger partial charge in [0, 0.05) is 11.4 Å². The van der Waals surface area contributed by atoms with Gasteiger partial charge in [-0.25, -0.2) is 14.3 Å². The van der Waals surface area contributed by atoms with Crippen molar-refractivity contribution in [3.05, 3.63) is 47.2 Å². The zero-order valence-electron chi connectivity index (χ0n) is 14.1. The minimum Gasteiger partial charge on any atom is -0.463 e. The summed E-state index contributed by atoms with van der Waals surface area (Å²) < 4.78 is 6.72. The maximum atomic E-state index is 12.1. The second-order valence-corrected chi connectivity index (χ2v) is 6.32. The van der Waals surface area contributed by atoms with E-state index in [1.165, 1.54) is 11.8 Å². The Morgan fingerprint density at radius 3 is 2.92 bits per heavy atom. The Kier molecular flexibility index (Phi) is 5.84. The van der Waals surface area contributed by atoms with Gasteiger partial charge in [-0.15, -0.1) is 5.10 Å². The summed E-state index contributed by atoms with van der Waals surface area (Å²) in [5, 5.41) is 17.6. The monoisotopic (exact) mass is 374 g/mol. The number of hydrogen-bond donors (Lipinski definition) is 2. The molecular formula is C16H18N6O3S. The summed E-state index contributed by atoms with van der Waals surface area (Å²) in [5.41, 5.74) is 1.98. The van der Waals surface area contributed by atoms with Crippen LogP contribution in [0.25, 0.3) is 0 Å². The smallest absolute Gasteiger partial charge is 0.337 e. The highest BCUT2D eigenvalue weighted by Crippen LogP contribution is 2.20. The SMILES string of the molecule is CCOC(=O)C1=C(CSc2nnnn2Cc2ccccc2)NC(=O)NC1. The molecule has 0 saturated heterocycles. The van der Waals surface area contributed by atoms with Crippen molar-refractivity contribution in [1.82, 2.24) is 30.8 Å². The van der Waals surface area contributed by atoms with E-state index in [0.29, 0.717) is 28.7 Å². The minimum absolute atomic E-state index is 0.134. The van der Waals surface area contributed by atoms with Gasteiger partial charge in [-0.3, -0.25) is 0 Å². The molecule has 9 nitrogen and oxygen atoms in total. The molecule has 1 aromatic carbocycles. The molecule has 2 heterocycles. The van der Waals surface area contributed by atoms with Crippen LogP contribution in [-0.4, -0.2) is 51.1 Å². The first-order valence-electron chi connectivity index (χ1n) is 8.04. The normalized spacial score (nSPS) is 14.0. The lowest BCUT2D eigenvalue weighted by molar-refractivity contribution is -0.138. The average molecular weight is 374 g/mol. The molecule has 1 aliphatic heterocycles. The number of aromatic nitrogens is 4. The molecule has 1 aliphatic rings. The van der Waals surface area contributed by atoms with Gasteiger partial charge in [-0.2, -0.15) is 0 Å². The highest BCUT2D eigenvalue weighted by molar-refractivity contribution is 7.99. The third-order valence-corrected chi connectivity index (χ3v) is 4.58. The van der Waals surface area contributed by atoms with Crippen molar-refractivity contribution in [2.75, 3.05) is 18.9 Å². The van der Waals surface area contributed by atoms with E-state index in [9.17, 15) is 9.59 Å². The van der Waals surface area contributed by atoms with Crippen LogP contribution in [-0.2, 0) is 16.1 Å². The number of hydrogen-bond acceptors (Lipinski definition) is 7. The fourth-order valence-corrected chi connectivity index (χ4v) is 3.23. The number of carbonyl (C=O) groups excluding carboxylic acids is 2. The predicted molar refractivity (Wildman–Crippen MR) is 94.3 cm³/mol. The van der Waals surface area contributed by atoms with Crippen LogP contribution in [0.3, 0.4) is 0 Å². The number of esters is 1. The van der Waals surface area contributed by atoms with Gasteiger partial charge in [-0.1, -0.05) is 42.1 Å². The van der Waals surface area contributed by atoms with Crippen LogP contribution in [0.1, 0.15) is 12.5 Å². The average Bonchev–Trinajstić information content (AvgIpc) is 3.08. The third-order valence-electron chi connectivity index (χ3n) is 3.60. The molecular weight excluding hydrogens is 356 g/mol. The van der Waals surface area contributed by atoms with E-state index in [1.807, 2.05) is 30.3 Å². The van der Waals surface area contributed by atoms with Crippen LogP contribution >= 0.6 is 11.8 Å². The molecule has 0 unspecified atom stereocenters. The van der Waals surface area contributed by atoms with Crippen molar-refractivity contribution in [3.63, 3.8) is 0 Å². The Bertz CT molecular complexity index is 820. The van der Waals surface area contributed by atoms with Gasteiger partial charge in [0.1, 0.15) is 0 Å². The first-order chi connectivity index (χ1) is 12.7. The van der Waals surface area contributed by atoms with Crippen molar-refractivity contribution in [1.29, 1.82) is 0 Å². The Hall–Kier alpha value is -2.88. The zero-order chi connectivity index (χ0) is 18.4. The van der Waals surface area contributed by atoms with Crippen LogP contribution in [0.15, 0.2) is 46.8 Å². The molecule has 0 aliphatic carbocycles. The third kappa shape index (κ3) is 4.39. The van der Waals surface area contributed by atoms with Crippen molar-refractivity contribution in [2.45, 2.75) is 18.6 Å². The van der Waals surface area contributed by atoms with Crippen molar-refractivity contribution < 1.29 is 14.3 Å². The summed E-state index contributed by atoms with van der Waals surface area (Å²) in [5.74, 6) is -0.101. The van der Waals surface area contributed by atoms with E-state index >= 15 is 0 Å². The minimum atomic E-state index is -0.445. The number of thioether (sulfide) groups is 1. The van der Waals surface area contributed by atoms with E-state index in [-0.39, 0.29) is 19.2 Å². The fraction of sp³-hybridized carbons (Fsp3) is 0.312. The van der Waals surface area contributed by atoms with Gasteiger partial charge < -0.3 is 15.4 Å². The summed E-state index contributed by atoms with van der Waals surface area (Å²) in [6, 6.07) is 9.48. The van der Waals surface area contributed by atoms with E-state index in [0.717, 1.165) is 5.56 Å². The molecule has 10 heteroatoms. The molecule has 0 atom stereocenters. The van der Waals surface area contributed by atoms with Crippen LogP contribution in [0.5, 0.6) is 0 Å². The van der Waals surface area contributed by atoms with E-state index in [4.69, 9.17) is 4.74 Å². The second-order valence-electron chi connectivity index (χ2n) is 5.38. The maximum Gasteiger partial charge on any atom is 0.337 e. The number of ether oxygens (including phenoxy) is 1. The summed E-state index contributed by atoms with van der Waals surface area (Å²) in [7, 11) is 0. The number of urea groups is 1. The molecule has 26 heavy (non-hydrogen) atoms. The predicted octanol–water partition coefficient (Wildman–Crippen LogP) is 0.943. The van der Waals surface area contributed by atoms with Gasteiger partial charge in [-0.05, 0) is 22.9 Å². The van der Waals surface area contributed by atoms with Gasteiger partial charge in [0.2, 0.25) is 5.16 Å². The summed E-state index contributed by atoms with van der Waals surface area (Å²) in [6.07, 6.45) is 0. The molecule has 0 fully saturated rings. The zero-order valence-corrected chi connectivity index (χ0v) is 15.0. The topological polar surface area (TPSA) is 111 Å². The van der Waals surface area contributed by atoms with Gasteiger partial charge in [0.05, 0.1) is 25.3 Å². The van der Waals surface area contributed by atoms with Crippen molar-refractivity contribution in [2.24, 2.45) is 0 Å². The lowest BCUT2D eigenvalue weighted by Gasteiger charge is -2.20. The molecule has 0 saturated carbocycles. The molecule has 0 bridgehead atoms. The molecule has 2 aromatic rings. The van der Waals surface area contributed by atoms with E-state index in [2.05, 4.69) is 26.2 Å². The molecule has 0 radical (unpaired) electrons. The van der Waals surface area contributed by atoms with Gasteiger partial charge >= 0.3 is 12.0 Å². The molecule has 2 N–H and O–H groups in total. The van der Waals surface area contributed by atoms with Crippen molar-refractivity contribution in [3.8, 4) is 0 Å². The Morgan fingerprint density at radius 1 is 1.35 bits per heavy atom. The first-order valence-corrected chi connectivity index (χ1v) is 9.02. The number of nitrogens with one attached hydrogen (secondary N) is 2. The molecule has 2 amide bonds. The van der Waals surface area contributed by atoms with Crippen LogP contribution < -0.4 is 10.6 Å². The summed E-state index contributed by atoms with van der Waals surface area (Å²) in [4.78, 5) is 23.7. The Labute approximate surface area is 154 Å². The Morgan fingerprint density at radius 2 is 2.15 bits per heavy atom. The van der Waals surface area contributed by atoms with Crippen LogP contribution in [0, 0.1) is 0 Å². The standard InChI is InChI=1S/C16H18N6O3S/c1-2-25-14(23)12-8-17-15(24)18-13(12)10-26-16-19-20-21-22(16)9-11-6-4-3-5-7-11/h3-7H,2,8-10H2,1H3,(H2,17,18,24). The van der Waals surface area contributed by atoms with E-state index < -0.39 is 5.97 Å². The number of carbonyl (C=O) groups is 2. The summed E-state index contributed by atoms with van der Waals surface area (Å²) >= 11 is 1.34. The van der Waals surface area contributed by atoms with E-state index in [1.54, 1.807) is 11.6 Å². The molecule has 3 rings (SSSR count). The Balaban J connectivity index is 1.72. The highest BCUT2D eigenvalue weighted by Gasteiger charge is 2.24. The number of rotatable bonds is 7. The van der Waals surface area contributed by atoms with Gasteiger partial charge in [0.15, 0.2) is 0 Å². The molecule has 1 aromatic heterocycles. The quantitative estimate of drug-likeness (QED) is 0.548.